The van der Waals surface area contributed by atoms with E-state index in [1.807, 2.05) is 36.4 Å². The third-order valence-electron chi connectivity index (χ3n) is 3.25. The number of carbonyl (C=O) groups is 2. The van der Waals surface area contributed by atoms with E-state index in [2.05, 4.69) is 4.98 Å². The number of benzene rings is 2. The van der Waals surface area contributed by atoms with Gasteiger partial charge in [-0.25, -0.2) is 0 Å². The molecular formula is C14H7NO2S. The monoisotopic (exact) mass is 253 g/mol. The molecule has 0 saturated heterocycles. The molecule has 0 atom stereocenters. The van der Waals surface area contributed by atoms with Gasteiger partial charge < -0.3 is 4.98 Å². The van der Waals surface area contributed by atoms with Crippen LogP contribution in [-0.4, -0.2) is 15.9 Å². The molecule has 4 heteroatoms. The van der Waals surface area contributed by atoms with Crippen molar-refractivity contribution in [3.05, 3.63) is 42.0 Å². The van der Waals surface area contributed by atoms with Crippen molar-refractivity contribution in [1.82, 2.24) is 4.98 Å². The fourth-order valence-electron chi connectivity index (χ4n) is 2.48. The molecule has 0 spiro atoms. The average Bonchev–Trinajstić information content (AvgIpc) is 2.88. The van der Waals surface area contributed by atoms with Gasteiger partial charge in [-0.2, -0.15) is 0 Å². The molecule has 0 radical (unpaired) electrons. The lowest BCUT2D eigenvalue weighted by Gasteiger charge is -1.98. The number of thioether (sulfide) groups is 1. The fraction of sp³-hybridized carbons (Fsp3) is 0. The molecule has 3 aromatic rings. The third kappa shape index (κ3) is 1.10. The Morgan fingerprint density at radius 3 is 2.67 bits per heavy atom. The molecule has 0 amide bonds. The van der Waals surface area contributed by atoms with Crippen molar-refractivity contribution >= 4 is 44.5 Å². The lowest BCUT2D eigenvalue weighted by Crippen LogP contribution is -2.02. The molecule has 1 aromatic heterocycles. The number of carbonyl (C=O) groups excluding carboxylic acids is 2. The van der Waals surface area contributed by atoms with E-state index in [1.54, 1.807) is 0 Å². The molecule has 0 bridgehead atoms. The van der Waals surface area contributed by atoms with Crippen LogP contribution in [0, 0.1) is 0 Å². The average molecular weight is 253 g/mol. The normalized spacial score (nSPS) is 14.7. The van der Waals surface area contributed by atoms with Crippen molar-refractivity contribution in [3.8, 4) is 0 Å². The van der Waals surface area contributed by atoms with Gasteiger partial charge in [0.05, 0.1) is 5.56 Å². The van der Waals surface area contributed by atoms with Gasteiger partial charge in [0.25, 0.3) is 5.12 Å². The van der Waals surface area contributed by atoms with Gasteiger partial charge in [0.1, 0.15) is 0 Å². The molecule has 0 unspecified atom stereocenters. The summed E-state index contributed by atoms with van der Waals surface area (Å²) in [6.07, 6.45) is 0. The summed E-state index contributed by atoms with van der Waals surface area (Å²) < 4.78 is 0. The molecule has 2 heterocycles. The number of para-hydroxylation sites is 1. The lowest BCUT2D eigenvalue weighted by molar-refractivity contribution is -0.107. The SMILES string of the molecule is O=C1Sc2ccc3[nH]c4ccccc4c3c2C1=O. The molecule has 18 heavy (non-hydrogen) atoms. The van der Waals surface area contributed by atoms with Gasteiger partial charge in [-0.05, 0) is 30.0 Å². The second-order valence-corrected chi connectivity index (χ2v) is 5.27. The molecule has 0 saturated carbocycles. The first-order chi connectivity index (χ1) is 8.75. The molecule has 0 aliphatic carbocycles. The van der Waals surface area contributed by atoms with Crippen LogP contribution in [0.1, 0.15) is 10.4 Å². The Balaban J connectivity index is 2.27. The van der Waals surface area contributed by atoms with Gasteiger partial charge in [0.15, 0.2) is 0 Å². The van der Waals surface area contributed by atoms with Crippen LogP contribution in [0.5, 0.6) is 0 Å². The minimum atomic E-state index is -0.386. The minimum absolute atomic E-state index is 0.384. The zero-order valence-corrected chi connectivity index (χ0v) is 10.0. The summed E-state index contributed by atoms with van der Waals surface area (Å²) in [6.45, 7) is 0. The Morgan fingerprint density at radius 1 is 0.944 bits per heavy atom. The van der Waals surface area contributed by atoms with Crippen LogP contribution in [0.3, 0.4) is 0 Å². The van der Waals surface area contributed by atoms with Gasteiger partial charge >= 0.3 is 0 Å². The Morgan fingerprint density at radius 2 is 1.78 bits per heavy atom. The fourth-order valence-corrected chi connectivity index (χ4v) is 3.31. The number of rotatable bonds is 0. The number of hydrogen-bond donors (Lipinski definition) is 1. The molecule has 1 N–H and O–H groups in total. The largest absolute Gasteiger partial charge is 0.354 e. The summed E-state index contributed by atoms with van der Waals surface area (Å²) >= 11 is 1.02. The standard InChI is InChI=1S/C14H7NO2S/c16-13-12-10(18-14(13)17)6-5-9-11(12)7-3-1-2-4-8(7)15-9/h1-6,15H. The van der Waals surface area contributed by atoms with Crippen LogP contribution in [0.25, 0.3) is 21.8 Å². The zero-order valence-electron chi connectivity index (χ0n) is 9.19. The van der Waals surface area contributed by atoms with Gasteiger partial charge in [0.2, 0.25) is 5.78 Å². The number of H-pyrrole nitrogens is 1. The highest BCUT2D eigenvalue weighted by molar-refractivity contribution is 8.16. The maximum Gasteiger partial charge on any atom is 0.264 e. The van der Waals surface area contributed by atoms with Crippen LogP contribution in [0.15, 0.2) is 41.3 Å². The lowest BCUT2D eigenvalue weighted by atomic mass is 10.0. The second-order valence-electron chi connectivity index (χ2n) is 4.25. The summed E-state index contributed by atoms with van der Waals surface area (Å²) in [5.74, 6) is -0.384. The van der Waals surface area contributed by atoms with Crippen molar-refractivity contribution in [2.45, 2.75) is 4.90 Å². The molecule has 1 aliphatic heterocycles. The summed E-state index contributed by atoms with van der Waals surface area (Å²) in [6, 6.07) is 11.6. The van der Waals surface area contributed by atoms with Crippen molar-refractivity contribution in [3.63, 3.8) is 0 Å². The number of ketones is 1. The van der Waals surface area contributed by atoms with E-state index in [1.165, 1.54) is 0 Å². The number of aromatic nitrogens is 1. The molecular weight excluding hydrogens is 246 g/mol. The third-order valence-corrected chi connectivity index (χ3v) is 4.18. The van der Waals surface area contributed by atoms with Crippen LogP contribution in [-0.2, 0) is 4.79 Å². The van der Waals surface area contributed by atoms with Crippen molar-refractivity contribution in [2.75, 3.05) is 0 Å². The molecule has 2 aromatic carbocycles. The highest BCUT2D eigenvalue weighted by atomic mass is 32.2. The number of nitrogens with one attached hydrogen (secondary N) is 1. The zero-order chi connectivity index (χ0) is 12.3. The van der Waals surface area contributed by atoms with Crippen LogP contribution in [0.4, 0.5) is 0 Å². The maximum atomic E-state index is 12.0. The number of aromatic amines is 1. The topological polar surface area (TPSA) is 49.9 Å². The van der Waals surface area contributed by atoms with Gasteiger partial charge in [-0.15, -0.1) is 0 Å². The first kappa shape index (κ1) is 9.91. The highest BCUT2D eigenvalue weighted by Gasteiger charge is 2.32. The van der Waals surface area contributed by atoms with E-state index in [0.29, 0.717) is 5.56 Å². The predicted molar refractivity (Wildman–Crippen MR) is 71.0 cm³/mol. The smallest absolute Gasteiger partial charge is 0.264 e. The molecule has 3 nitrogen and oxygen atoms in total. The first-order valence-corrected chi connectivity index (χ1v) is 6.37. The predicted octanol–water partition coefficient (Wildman–Crippen LogP) is 3.14. The number of fused-ring (bicyclic) bond motifs is 5. The van der Waals surface area contributed by atoms with E-state index in [0.717, 1.165) is 38.5 Å². The van der Waals surface area contributed by atoms with Crippen LogP contribution in [0.2, 0.25) is 0 Å². The second kappa shape index (κ2) is 3.23. The Labute approximate surface area is 106 Å². The van der Waals surface area contributed by atoms with Crippen molar-refractivity contribution in [2.24, 2.45) is 0 Å². The van der Waals surface area contributed by atoms with E-state index in [9.17, 15) is 9.59 Å². The van der Waals surface area contributed by atoms with Crippen molar-refractivity contribution < 1.29 is 9.59 Å². The van der Waals surface area contributed by atoms with E-state index >= 15 is 0 Å². The maximum absolute atomic E-state index is 12.0. The van der Waals surface area contributed by atoms with E-state index < -0.39 is 0 Å². The summed E-state index contributed by atoms with van der Waals surface area (Å²) in [4.78, 5) is 27.5. The number of Topliss-reactive ketones (excluding diaryl/α,β-unsaturated/α-hetero) is 1. The van der Waals surface area contributed by atoms with Crippen LogP contribution < -0.4 is 0 Å². The molecule has 86 valence electrons. The van der Waals surface area contributed by atoms with E-state index in [-0.39, 0.29) is 10.9 Å². The van der Waals surface area contributed by atoms with Gasteiger partial charge in [-0.3, -0.25) is 9.59 Å². The van der Waals surface area contributed by atoms with Gasteiger partial charge in [-0.1, -0.05) is 18.2 Å². The van der Waals surface area contributed by atoms with Crippen LogP contribution >= 0.6 is 11.8 Å². The van der Waals surface area contributed by atoms with Gasteiger partial charge in [0, 0.05) is 26.7 Å². The van der Waals surface area contributed by atoms with Crippen molar-refractivity contribution in [1.29, 1.82) is 0 Å². The first-order valence-electron chi connectivity index (χ1n) is 5.55. The van der Waals surface area contributed by atoms with E-state index in [4.69, 9.17) is 0 Å². The Bertz CT molecular complexity index is 847. The summed E-state index contributed by atoms with van der Waals surface area (Å²) in [5.41, 5.74) is 2.44. The summed E-state index contributed by atoms with van der Waals surface area (Å²) in [7, 11) is 0. The minimum Gasteiger partial charge on any atom is -0.354 e. The quantitative estimate of drug-likeness (QED) is 0.626. The Kier molecular flexibility index (Phi) is 1.78. The molecule has 4 rings (SSSR count). The Hall–Kier alpha value is -2.07. The molecule has 0 fully saturated rings. The summed E-state index contributed by atoms with van der Waals surface area (Å²) in [5, 5.41) is 1.47. The number of hydrogen-bond acceptors (Lipinski definition) is 3. The molecule has 1 aliphatic rings. The highest BCUT2D eigenvalue weighted by Crippen LogP contribution is 2.40.